The Labute approximate surface area is 125 Å². The molecule has 0 amide bonds. The van der Waals surface area contributed by atoms with Crippen LogP contribution in [0.25, 0.3) is 10.8 Å². The summed E-state index contributed by atoms with van der Waals surface area (Å²) < 4.78 is 0. The molecule has 3 heteroatoms. The highest BCUT2D eigenvalue weighted by molar-refractivity contribution is 7.80. The van der Waals surface area contributed by atoms with Crippen LogP contribution in [0.2, 0.25) is 0 Å². The number of rotatable bonds is 2. The molecule has 3 rings (SSSR count). The van der Waals surface area contributed by atoms with Crippen LogP contribution in [0.1, 0.15) is 26.2 Å². The van der Waals surface area contributed by atoms with Gasteiger partial charge in [0.15, 0.2) is 5.11 Å². The topological polar surface area (TPSA) is 24.1 Å². The van der Waals surface area contributed by atoms with Gasteiger partial charge in [0.05, 0.1) is 0 Å². The van der Waals surface area contributed by atoms with Crippen molar-refractivity contribution in [2.24, 2.45) is 5.92 Å². The van der Waals surface area contributed by atoms with Gasteiger partial charge in [0, 0.05) is 17.1 Å². The molecule has 0 aromatic heterocycles. The third-order valence-corrected chi connectivity index (χ3v) is 4.29. The molecule has 104 valence electrons. The van der Waals surface area contributed by atoms with E-state index in [2.05, 4.69) is 60.0 Å². The third kappa shape index (κ3) is 2.93. The van der Waals surface area contributed by atoms with Gasteiger partial charge in [-0.1, -0.05) is 43.3 Å². The number of anilines is 1. The van der Waals surface area contributed by atoms with Crippen molar-refractivity contribution >= 4 is 33.8 Å². The van der Waals surface area contributed by atoms with E-state index in [4.69, 9.17) is 12.2 Å². The Morgan fingerprint density at radius 1 is 1.10 bits per heavy atom. The SMILES string of the molecule is CC1CCC(NC(=S)Nc2cccc3ccccc23)C1. The summed E-state index contributed by atoms with van der Waals surface area (Å²) in [6.07, 6.45) is 3.74. The van der Waals surface area contributed by atoms with Crippen molar-refractivity contribution in [2.45, 2.75) is 32.2 Å². The zero-order valence-electron chi connectivity index (χ0n) is 11.7. The van der Waals surface area contributed by atoms with Crippen LogP contribution >= 0.6 is 12.2 Å². The molecule has 1 aliphatic rings. The lowest BCUT2D eigenvalue weighted by molar-refractivity contribution is 0.572. The minimum atomic E-state index is 0.528. The van der Waals surface area contributed by atoms with Crippen molar-refractivity contribution in [3.05, 3.63) is 42.5 Å². The summed E-state index contributed by atoms with van der Waals surface area (Å²) in [5.41, 5.74) is 1.08. The van der Waals surface area contributed by atoms with Gasteiger partial charge in [-0.15, -0.1) is 0 Å². The Bertz CT molecular complexity index is 618. The predicted octanol–water partition coefficient (Wildman–Crippen LogP) is 4.31. The second kappa shape index (κ2) is 5.80. The summed E-state index contributed by atoms with van der Waals surface area (Å²) in [6.45, 7) is 2.31. The summed E-state index contributed by atoms with van der Waals surface area (Å²) in [5, 5.41) is 9.96. The van der Waals surface area contributed by atoms with E-state index in [-0.39, 0.29) is 0 Å². The smallest absolute Gasteiger partial charge is 0.171 e. The predicted molar refractivity (Wildman–Crippen MR) is 90.1 cm³/mol. The highest BCUT2D eigenvalue weighted by Crippen LogP contribution is 2.25. The number of hydrogen-bond acceptors (Lipinski definition) is 1. The van der Waals surface area contributed by atoms with Gasteiger partial charge in [0.2, 0.25) is 0 Å². The summed E-state index contributed by atoms with van der Waals surface area (Å²) in [5.74, 6) is 0.813. The summed E-state index contributed by atoms with van der Waals surface area (Å²) in [6, 6.07) is 15.1. The highest BCUT2D eigenvalue weighted by atomic mass is 32.1. The molecule has 0 bridgehead atoms. The molecule has 0 spiro atoms. The van der Waals surface area contributed by atoms with E-state index in [0.717, 1.165) is 16.7 Å². The lowest BCUT2D eigenvalue weighted by atomic mass is 10.1. The maximum Gasteiger partial charge on any atom is 0.171 e. The molecule has 2 aromatic carbocycles. The zero-order chi connectivity index (χ0) is 13.9. The average Bonchev–Trinajstić information content (AvgIpc) is 2.84. The number of nitrogens with one attached hydrogen (secondary N) is 2. The highest BCUT2D eigenvalue weighted by Gasteiger charge is 2.21. The van der Waals surface area contributed by atoms with Crippen molar-refractivity contribution in [1.29, 1.82) is 0 Å². The van der Waals surface area contributed by atoms with Crippen LogP contribution in [-0.4, -0.2) is 11.2 Å². The molecule has 20 heavy (non-hydrogen) atoms. The Morgan fingerprint density at radius 3 is 2.70 bits per heavy atom. The Kier molecular flexibility index (Phi) is 3.88. The Balaban J connectivity index is 1.71. The van der Waals surface area contributed by atoms with Gasteiger partial charge in [0.25, 0.3) is 0 Å². The number of hydrogen-bond donors (Lipinski definition) is 2. The number of thiocarbonyl (C=S) groups is 1. The molecule has 2 N–H and O–H groups in total. The molecule has 0 saturated heterocycles. The summed E-state index contributed by atoms with van der Waals surface area (Å²) >= 11 is 5.45. The average molecular weight is 284 g/mol. The van der Waals surface area contributed by atoms with E-state index < -0.39 is 0 Å². The fraction of sp³-hybridized carbons (Fsp3) is 0.353. The monoisotopic (exact) mass is 284 g/mol. The maximum absolute atomic E-state index is 5.45. The second-order valence-electron chi connectivity index (χ2n) is 5.74. The first-order valence-corrected chi connectivity index (χ1v) is 7.68. The van der Waals surface area contributed by atoms with E-state index in [9.17, 15) is 0 Å². The van der Waals surface area contributed by atoms with E-state index in [0.29, 0.717) is 6.04 Å². The van der Waals surface area contributed by atoms with Gasteiger partial charge in [-0.05, 0) is 48.9 Å². The third-order valence-electron chi connectivity index (χ3n) is 4.07. The molecule has 2 unspecified atom stereocenters. The number of fused-ring (bicyclic) bond motifs is 1. The van der Waals surface area contributed by atoms with E-state index in [1.807, 2.05) is 0 Å². The van der Waals surface area contributed by atoms with Crippen LogP contribution in [0, 0.1) is 5.92 Å². The molecule has 0 aliphatic heterocycles. The van der Waals surface area contributed by atoms with E-state index >= 15 is 0 Å². The lowest BCUT2D eigenvalue weighted by Crippen LogP contribution is -2.36. The van der Waals surface area contributed by atoms with Gasteiger partial charge in [-0.3, -0.25) is 0 Å². The van der Waals surface area contributed by atoms with Gasteiger partial charge < -0.3 is 10.6 Å². The molecular weight excluding hydrogens is 264 g/mol. The molecule has 0 heterocycles. The molecule has 0 radical (unpaired) electrons. The quantitative estimate of drug-likeness (QED) is 0.803. The molecule has 2 aromatic rings. The van der Waals surface area contributed by atoms with Gasteiger partial charge in [-0.2, -0.15) is 0 Å². The maximum atomic E-state index is 5.45. The van der Waals surface area contributed by atoms with Crippen molar-refractivity contribution in [2.75, 3.05) is 5.32 Å². The van der Waals surface area contributed by atoms with Gasteiger partial charge >= 0.3 is 0 Å². The number of benzene rings is 2. The van der Waals surface area contributed by atoms with Crippen LogP contribution in [0.4, 0.5) is 5.69 Å². The van der Waals surface area contributed by atoms with Crippen LogP contribution in [0.15, 0.2) is 42.5 Å². The van der Waals surface area contributed by atoms with Crippen molar-refractivity contribution in [3.8, 4) is 0 Å². The van der Waals surface area contributed by atoms with Crippen molar-refractivity contribution in [1.82, 2.24) is 5.32 Å². The Morgan fingerprint density at radius 2 is 1.90 bits per heavy atom. The zero-order valence-corrected chi connectivity index (χ0v) is 12.5. The molecule has 1 aliphatic carbocycles. The van der Waals surface area contributed by atoms with Gasteiger partial charge in [-0.25, -0.2) is 0 Å². The fourth-order valence-corrected chi connectivity index (χ4v) is 3.29. The minimum Gasteiger partial charge on any atom is -0.360 e. The molecule has 2 atom stereocenters. The van der Waals surface area contributed by atoms with Crippen molar-refractivity contribution < 1.29 is 0 Å². The fourth-order valence-electron chi connectivity index (χ4n) is 3.02. The second-order valence-corrected chi connectivity index (χ2v) is 6.15. The first-order chi connectivity index (χ1) is 9.72. The molecule has 1 saturated carbocycles. The van der Waals surface area contributed by atoms with Crippen LogP contribution in [0.5, 0.6) is 0 Å². The minimum absolute atomic E-state index is 0.528. The van der Waals surface area contributed by atoms with Crippen molar-refractivity contribution in [3.63, 3.8) is 0 Å². The van der Waals surface area contributed by atoms with Crippen LogP contribution in [0.3, 0.4) is 0 Å². The lowest BCUT2D eigenvalue weighted by Gasteiger charge is -2.17. The molecule has 1 fully saturated rings. The normalized spacial score (nSPS) is 21.9. The first-order valence-electron chi connectivity index (χ1n) is 7.27. The first kappa shape index (κ1) is 13.4. The van der Waals surface area contributed by atoms with Gasteiger partial charge in [0.1, 0.15) is 0 Å². The van der Waals surface area contributed by atoms with Crippen LogP contribution < -0.4 is 10.6 Å². The molecule has 2 nitrogen and oxygen atoms in total. The summed E-state index contributed by atoms with van der Waals surface area (Å²) in [7, 11) is 0. The summed E-state index contributed by atoms with van der Waals surface area (Å²) in [4.78, 5) is 0. The Hall–Kier alpha value is -1.61. The van der Waals surface area contributed by atoms with E-state index in [1.54, 1.807) is 0 Å². The molecular formula is C17H20N2S. The largest absolute Gasteiger partial charge is 0.360 e. The standard InChI is InChI=1S/C17H20N2S/c1-12-9-10-14(11-12)18-17(20)19-16-8-4-6-13-5-2-3-7-15(13)16/h2-8,12,14H,9-11H2,1H3,(H2,18,19,20). The van der Waals surface area contributed by atoms with E-state index in [1.165, 1.54) is 30.0 Å². The van der Waals surface area contributed by atoms with Crippen LogP contribution in [-0.2, 0) is 0 Å².